The lowest BCUT2D eigenvalue weighted by Gasteiger charge is -2.34. The summed E-state index contributed by atoms with van der Waals surface area (Å²) in [5.41, 5.74) is 3.11. The normalized spacial score (nSPS) is 19.2. The first kappa shape index (κ1) is 17.5. The molecule has 1 fully saturated rings. The molecule has 1 unspecified atom stereocenters. The molecule has 1 saturated heterocycles. The van der Waals surface area contributed by atoms with Crippen LogP contribution >= 0.6 is 0 Å². The van der Waals surface area contributed by atoms with Gasteiger partial charge < -0.3 is 14.7 Å². The molecule has 2 aliphatic heterocycles. The van der Waals surface area contributed by atoms with Gasteiger partial charge in [0.25, 0.3) is 5.91 Å². The van der Waals surface area contributed by atoms with E-state index in [2.05, 4.69) is 35.0 Å². The number of hydrogen-bond donors (Lipinski definition) is 0. The molecule has 0 spiro atoms. The van der Waals surface area contributed by atoms with E-state index in [1.807, 2.05) is 18.2 Å². The number of benzene rings is 1. The van der Waals surface area contributed by atoms with Gasteiger partial charge >= 0.3 is 0 Å². The van der Waals surface area contributed by atoms with Crippen LogP contribution in [0.4, 0.5) is 11.5 Å². The molecule has 0 N–H and O–H groups in total. The Morgan fingerprint density at radius 1 is 1.00 bits per heavy atom. The van der Waals surface area contributed by atoms with Gasteiger partial charge in [-0.15, -0.1) is 0 Å². The van der Waals surface area contributed by atoms with Gasteiger partial charge in [0.2, 0.25) is 5.91 Å². The van der Waals surface area contributed by atoms with E-state index in [4.69, 9.17) is 0 Å². The van der Waals surface area contributed by atoms with E-state index in [1.54, 1.807) is 22.9 Å². The van der Waals surface area contributed by atoms with Crippen molar-refractivity contribution >= 4 is 23.3 Å². The summed E-state index contributed by atoms with van der Waals surface area (Å²) in [5, 5.41) is 0. The third-order valence-electron chi connectivity index (χ3n) is 5.46. The van der Waals surface area contributed by atoms with E-state index in [-0.39, 0.29) is 11.8 Å². The van der Waals surface area contributed by atoms with E-state index < -0.39 is 0 Å². The molecule has 1 atom stereocenters. The van der Waals surface area contributed by atoms with Gasteiger partial charge in [-0.3, -0.25) is 9.59 Å². The third-order valence-corrected chi connectivity index (χ3v) is 5.46. The highest BCUT2D eigenvalue weighted by Crippen LogP contribution is 2.37. The molecule has 0 bridgehead atoms. The van der Waals surface area contributed by atoms with Crippen molar-refractivity contribution in [3.63, 3.8) is 0 Å². The minimum atomic E-state index is -0.0212. The number of fused-ring (bicyclic) bond motifs is 1. The first-order valence-corrected chi connectivity index (χ1v) is 9.42. The van der Waals surface area contributed by atoms with Gasteiger partial charge in [-0.05, 0) is 37.1 Å². The van der Waals surface area contributed by atoms with Crippen molar-refractivity contribution in [2.24, 2.45) is 0 Å². The molecule has 1 aromatic heterocycles. The van der Waals surface area contributed by atoms with Crippen molar-refractivity contribution in [1.82, 2.24) is 14.8 Å². The Balaban J connectivity index is 1.48. The molecule has 2 aromatic rings. The van der Waals surface area contributed by atoms with Crippen molar-refractivity contribution in [2.45, 2.75) is 26.3 Å². The van der Waals surface area contributed by atoms with Crippen molar-refractivity contribution in [1.29, 1.82) is 0 Å². The second-order valence-corrected chi connectivity index (χ2v) is 7.26. The number of amides is 2. The first-order chi connectivity index (χ1) is 13.0. The molecule has 2 amide bonds. The minimum Gasteiger partial charge on any atom is -0.339 e. The van der Waals surface area contributed by atoms with E-state index in [1.165, 1.54) is 11.3 Å². The molecule has 6 nitrogen and oxygen atoms in total. The Morgan fingerprint density at radius 2 is 1.70 bits per heavy atom. The molecular formula is C21H24N4O2. The number of rotatable bonds is 2. The predicted molar refractivity (Wildman–Crippen MR) is 104 cm³/mol. The van der Waals surface area contributed by atoms with Crippen LogP contribution in [0.3, 0.4) is 0 Å². The monoisotopic (exact) mass is 364 g/mol. The molecule has 6 heteroatoms. The quantitative estimate of drug-likeness (QED) is 0.821. The number of para-hydroxylation sites is 1. The molecule has 3 heterocycles. The van der Waals surface area contributed by atoms with E-state index in [0.29, 0.717) is 37.8 Å². The fourth-order valence-corrected chi connectivity index (χ4v) is 3.98. The maximum atomic E-state index is 12.7. The standard InChI is InChI=1S/C21H24N4O2/c1-15-13-17-5-3-4-6-19(17)25(15)20-8-7-18(14-22-20)21(27)24-11-9-23(10-12-24)16(2)26/h3-8,14-15H,9-13H2,1-2H3. The number of piperazine rings is 1. The molecule has 1 aromatic carbocycles. The van der Waals surface area contributed by atoms with Crippen LogP contribution in [0.5, 0.6) is 0 Å². The van der Waals surface area contributed by atoms with E-state index >= 15 is 0 Å². The fourth-order valence-electron chi connectivity index (χ4n) is 3.98. The van der Waals surface area contributed by atoms with Crippen LogP contribution in [0.15, 0.2) is 42.6 Å². The number of anilines is 2. The number of carbonyl (C=O) groups excluding carboxylic acids is 2. The summed E-state index contributed by atoms with van der Waals surface area (Å²) in [6.45, 7) is 6.07. The topological polar surface area (TPSA) is 56.8 Å². The van der Waals surface area contributed by atoms with Crippen LogP contribution in [-0.2, 0) is 11.2 Å². The highest BCUT2D eigenvalue weighted by molar-refractivity contribution is 5.94. The average molecular weight is 364 g/mol. The van der Waals surface area contributed by atoms with Crippen LogP contribution in [0.2, 0.25) is 0 Å². The predicted octanol–water partition coefficient (Wildman–Crippen LogP) is 2.47. The molecule has 140 valence electrons. The number of hydrogen-bond acceptors (Lipinski definition) is 4. The lowest BCUT2D eigenvalue weighted by molar-refractivity contribution is -0.130. The van der Waals surface area contributed by atoms with Crippen molar-refractivity contribution < 1.29 is 9.59 Å². The molecule has 27 heavy (non-hydrogen) atoms. The summed E-state index contributed by atoms with van der Waals surface area (Å²) < 4.78 is 0. The molecule has 2 aliphatic rings. The van der Waals surface area contributed by atoms with E-state index in [9.17, 15) is 9.59 Å². The molecule has 0 radical (unpaired) electrons. The number of aromatic nitrogens is 1. The van der Waals surface area contributed by atoms with E-state index in [0.717, 1.165) is 12.2 Å². The second kappa shape index (κ2) is 7.02. The Labute approximate surface area is 159 Å². The highest BCUT2D eigenvalue weighted by Gasteiger charge is 2.28. The SMILES string of the molecule is CC(=O)N1CCN(C(=O)c2ccc(N3c4ccccc4CC3C)nc2)CC1. The van der Waals surface area contributed by atoms with Gasteiger partial charge in [0.15, 0.2) is 0 Å². The Kier molecular flexibility index (Phi) is 4.56. The highest BCUT2D eigenvalue weighted by atomic mass is 16.2. The van der Waals surface area contributed by atoms with Gasteiger partial charge in [-0.2, -0.15) is 0 Å². The summed E-state index contributed by atoms with van der Waals surface area (Å²) in [4.78, 5) is 34.6. The molecule has 4 rings (SSSR count). The summed E-state index contributed by atoms with van der Waals surface area (Å²) in [7, 11) is 0. The number of pyridine rings is 1. The van der Waals surface area contributed by atoms with Crippen LogP contribution in [0.1, 0.15) is 29.8 Å². The van der Waals surface area contributed by atoms with Crippen molar-refractivity contribution in [3.8, 4) is 0 Å². The lowest BCUT2D eigenvalue weighted by Crippen LogP contribution is -2.50. The van der Waals surface area contributed by atoms with Gasteiger partial charge in [0.05, 0.1) is 5.56 Å². The summed E-state index contributed by atoms with van der Waals surface area (Å²) in [6, 6.07) is 12.5. The smallest absolute Gasteiger partial charge is 0.255 e. The van der Waals surface area contributed by atoms with Gasteiger partial charge in [0.1, 0.15) is 5.82 Å². The average Bonchev–Trinajstić information content (AvgIpc) is 3.03. The third kappa shape index (κ3) is 3.27. The zero-order valence-electron chi connectivity index (χ0n) is 15.8. The zero-order chi connectivity index (χ0) is 19.0. The van der Waals surface area contributed by atoms with Crippen molar-refractivity contribution in [3.05, 3.63) is 53.7 Å². The van der Waals surface area contributed by atoms with Gasteiger partial charge in [-0.1, -0.05) is 18.2 Å². The van der Waals surface area contributed by atoms with Crippen LogP contribution in [-0.4, -0.2) is 58.8 Å². The first-order valence-electron chi connectivity index (χ1n) is 9.42. The maximum Gasteiger partial charge on any atom is 0.255 e. The molecule has 0 aliphatic carbocycles. The van der Waals surface area contributed by atoms with Gasteiger partial charge in [0, 0.05) is 51.0 Å². The Bertz CT molecular complexity index is 857. The van der Waals surface area contributed by atoms with Crippen LogP contribution in [0.25, 0.3) is 0 Å². The molecular weight excluding hydrogens is 340 g/mol. The maximum absolute atomic E-state index is 12.7. The Morgan fingerprint density at radius 3 is 2.37 bits per heavy atom. The fraction of sp³-hybridized carbons (Fsp3) is 0.381. The number of carbonyl (C=O) groups is 2. The second-order valence-electron chi connectivity index (χ2n) is 7.26. The summed E-state index contributed by atoms with van der Waals surface area (Å²) in [5.74, 6) is 0.908. The van der Waals surface area contributed by atoms with Crippen molar-refractivity contribution in [2.75, 3.05) is 31.1 Å². The molecule has 0 saturated carbocycles. The Hall–Kier alpha value is -2.89. The lowest BCUT2D eigenvalue weighted by atomic mass is 10.1. The summed E-state index contributed by atoms with van der Waals surface area (Å²) >= 11 is 0. The zero-order valence-corrected chi connectivity index (χ0v) is 15.8. The van der Waals surface area contributed by atoms with Crippen LogP contribution < -0.4 is 4.90 Å². The van der Waals surface area contributed by atoms with Crippen LogP contribution in [0, 0.1) is 0 Å². The largest absolute Gasteiger partial charge is 0.339 e. The van der Waals surface area contributed by atoms with Gasteiger partial charge in [-0.25, -0.2) is 4.98 Å². The minimum absolute atomic E-state index is 0.0212. The summed E-state index contributed by atoms with van der Waals surface area (Å²) in [6.07, 6.45) is 2.67. The number of nitrogens with zero attached hydrogens (tertiary/aromatic N) is 4.